The number of amides is 1. The van der Waals surface area contributed by atoms with E-state index in [2.05, 4.69) is 41.7 Å². The molecule has 3 nitrogen and oxygen atoms in total. The van der Waals surface area contributed by atoms with E-state index in [4.69, 9.17) is 0 Å². The highest BCUT2D eigenvalue weighted by Gasteiger charge is 2.07. The standard InChI is InChI=1S/C17H24N2OS/c1-14-8-10-16(11-9-14)21-13-12-17(20)19-18-15-6-4-2-3-5-7-15/h8-11H,2-7,12-13H2,1H3,(H,19,20). The zero-order chi connectivity index (χ0) is 14.9. The number of thioether (sulfide) groups is 1. The summed E-state index contributed by atoms with van der Waals surface area (Å²) in [4.78, 5) is 13.0. The molecule has 0 unspecified atom stereocenters. The molecule has 0 bridgehead atoms. The highest BCUT2D eigenvalue weighted by atomic mass is 32.2. The second-order valence-corrected chi connectivity index (χ2v) is 6.71. The summed E-state index contributed by atoms with van der Waals surface area (Å²) in [6.45, 7) is 2.08. The van der Waals surface area contributed by atoms with Gasteiger partial charge in [0, 0.05) is 22.8 Å². The third-order valence-electron chi connectivity index (χ3n) is 3.64. The molecule has 0 aromatic heterocycles. The Bertz CT molecular complexity index is 472. The zero-order valence-corrected chi connectivity index (χ0v) is 13.5. The highest BCUT2D eigenvalue weighted by Crippen LogP contribution is 2.19. The third-order valence-corrected chi connectivity index (χ3v) is 4.65. The first-order chi connectivity index (χ1) is 10.2. The van der Waals surface area contributed by atoms with Crippen molar-refractivity contribution in [2.75, 3.05) is 5.75 Å². The highest BCUT2D eigenvalue weighted by molar-refractivity contribution is 7.99. The number of benzene rings is 1. The van der Waals surface area contributed by atoms with Gasteiger partial charge in [0.25, 0.3) is 0 Å². The van der Waals surface area contributed by atoms with E-state index in [1.54, 1.807) is 11.8 Å². The van der Waals surface area contributed by atoms with Crippen LogP contribution in [0.5, 0.6) is 0 Å². The van der Waals surface area contributed by atoms with Gasteiger partial charge in [-0.2, -0.15) is 5.10 Å². The minimum absolute atomic E-state index is 0.0198. The Morgan fingerprint density at radius 2 is 1.81 bits per heavy atom. The quantitative estimate of drug-likeness (QED) is 0.500. The van der Waals surface area contributed by atoms with Crippen molar-refractivity contribution in [3.8, 4) is 0 Å². The average molecular weight is 304 g/mol. The van der Waals surface area contributed by atoms with Gasteiger partial charge in [0.1, 0.15) is 0 Å². The number of hydrogen-bond acceptors (Lipinski definition) is 3. The normalized spacial score (nSPS) is 15.4. The second kappa shape index (κ2) is 8.88. The number of hydrogen-bond donors (Lipinski definition) is 1. The van der Waals surface area contributed by atoms with Crippen LogP contribution in [0.3, 0.4) is 0 Å². The van der Waals surface area contributed by atoms with Crippen LogP contribution in [-0.4, -0.2) is 17.4 Å². The van der Waals surface area contributed by atoms with Crippen molar-refractivity contribution in [1.29, 1.82) is 0 Å². The largest absolute Gasteiger partial charge is 0.273 e. The second-order valence-electron chi connectivity index (χ2n) is 5.54. The minimum atomic E-state index is 0.0198. The molecule has 4 heteroatoms. The van der Waals surface area contributed by atoms with Crippen molar-refractivity contribution in [3.05, 3.63) is 29.8 Å². The Morgan fingerprint density at radius 1 is 1.14 bits per heavy atom. The summed E-state index contributed by atoms with van der Waals surface area (Å²) in [7, 11) is 0. The summed E-state index contributed by atoms with van der Waals surface area (Å²) in [5.41, 5.74) is 5.13. The molecule has 2 rings (SSSR count). The van der Waals surface area contributed by atoms with Crippen molar-refractivity contribution in [1.82, 2.24) is 5.43 Å². The molecule has 1 aliphatic rings. The lowest BCUT2D eigenvalue weighted by atomic mass is 10.2. The van der Waals surface area contributed by atoms with E-state index in [0.717, 1.165) is 24.3 Å². The molecule has 1 amide bonds. The average Bonchev–Trinajstić information content (AvgIpc) is 2.76. The van der Waals surface area contributed by atoms with Crippen LogP contribution in [0, 0.1) is 6.92 Å². The molecule has 1 saturated carbocycles. The molecule has 1 fully saturated rings. The van der Waals surface area contributed by atoms with Crippen LogP contribution in [0.2, 0.25) is 0 Å². The van der Waals surface area contributed by atoms with E-state index in [-0.39, 0.29) is 5.91 Å². The maximum absolute atomic E-state index is 11.8. The SMILES string of the molecule is Cc1ccc(SCCC(=O)NN=C2CCCCCC2)cc1. The molecule has 1 aromatic rings. The molecule has 0 aliphatic heterocycles. The molecule has 0 saturated heterocycles. The lowest BCUT2D eigenvalue weighted by Crippen LogP contribution is -2.19. The number of carbonyl (C=O) groups excluding carboxylic acids is 1. The predicted molar refractivity (Wildman–Crippen MR) is 89.8 cm³/mol. The van der Waals surface area contributed by atoms with Gasteiger partial charge in [0.05, 0.1) is 0 Å². The van der Waals surface area contributed by atoms with Gasteiger partial charge >= 0.3 is 0 Å². The smallest absolute Gasteiger partial charge is 0.240 e. The van der Waals surface area contributed by atoms with Crippen molar-refractivity contribution in [2.45, 2.75) is 56.8 Å². The van der Waals surface area contributed by atoms with Crippen LogP contribution in [0.4, 0.5) is 0 Å². The van der Waals surface area contributed by atoms with Crippen molar-refractivity contribution >= 4 is 23.4 Å². The molecule has 0 spiro atoms. The van der Waals surface area contributed by atoms with Gasteiger partial charge in [0.15, 0.2) is 0 Å². The Labute approximate surface area is 131 Å². The molecule has 1 aromatic carbocycles. The first-order valence-corrected chi connectivity index (χ1v) is 8.76. The number of rotatable bonds is 5. The Hall–Kier alpha value is -1.29. The van der Waals surface area contributed by atoms with Crippen LogP contribution in [0.1, 0.15) is 50.5 Å². The molecule has 21 heavy (non-hydrogen) atoms. The van der Waals surface area contributed by atoms with Crippen LogP contribution in [0.25, 0.3) is 0 Å². The number of nitrogens with one attached hydrogen (secondary N) is 1. The van der Waals surface area contributed by atoms with Gasteiger partial charge < -0.3 is 0 Å². The van der Waals surface area contributed by atoms with E-state index >= 15 is 0 Å². The van der Waals surface area contributed by atoms with Gasteiger partial charge in [-0.15, -0.1) is 11.8 Å². The topological polar surface area (TPSA) is 41.5 Å². The molecule has 0 atom stereocenters. The van der Waals surface area contributed by atoms with Gasteiger partial charge in [-0.05, 0) is 44.7 Å². The predicted octanol–water partition coefficient (Wildman–Crippen LogP) is 4.30. The minimum Gasteiger partial charge on any atom is -0.273 e. The lowest BCUT2D eigenvalue weighted by Gasteiger charge is -2.04. The first kappa shape index (κ1) is 16.1. The van der Waals surface area contributed by atoms with E-state index in [9.17, 15) is 4.79 Å². The summed E-state index contributed by atoms with van der Waals surface area (Å²) in [5.74, 6) is 0.811. The van der Waals surface area contributed by atoms with Crippen LogP contribution >= 0.6 is 11.8 Å². The van der Waals surface area contributed by atoms with E-state index in [1.807, 2.05) is 0 Å². The molecular formula is C17H24N2OS. The Morgan fingerprint density at radius 3 is 2.48 bits per heavy atom. The summed E-state index contributed by atoms with van der Waals surface area (Å²) in [5, 5.41) is 4.29. The molecule has 1 N–H and O–H groups in total. The van der Waals surface area contributed by atoms with Crippen molar-refractivity contribution in [2.24, 2.45) is 5.10 Å². The fourth-order valence-electron chi connectivity index (χ4n) is 2.34. The summed E-state index contributed by atoms with van der Waals surface area (Å²) < 4.78 is 0. The molecule has 114 valence electrons. The Balaban J connectivity index is 1.67. The summed E-state index contributed by atoms with van der Waals surface area (Å²) >= 11 is 1.71. The maximum atomic E-state index is 11.8. The van der Waals surface area contributed by atoms with Gasteiger partial charge in [0.2, 0.25) is 5.91 Å². The van der Waals surface area contributed by atoms with Crippen LogP contribution in [-0.2, 0) is 4.79 Å². The number of nitrogens with zero attached hydrogens (tertiary/aromatic N) is 1. The van der Waals surface area contributed by atoms with Crippen molar-refractivity contribution < 1.29 is 4.79 Å². The van der Waals surface area contributed by atoms with Gasteiger partial charge in [-0.1, -0.05) is 30.5 Å². The number of carbonyl (C=O) groups is 1. The van der Waals surface area contributed by atoms with E-state index in [0.29, 0.717) is 6.42 Å². The first-order valence-electron chi connectivity index (χ1n) is 7.78. The van der Waals surface area contributed by atoms with Crippen LogP contribution < -0.4 is 5.43 Å². The summed E-state index contributed by atoms with van der Waals surface area (Å²) in [6.07, 6.45) is 7.59. The van der Waals surface area contributed by atoms with E-state index in [1.165, 1.54) is 36.1 Å². The molecule has 0 radical (unpaired) electrons. The lowest BCUT2D eigenvalue weighted by molar-refractivity contribution is -0.120. The summed E-state index contributed by atoms with van der Waals surface area (Å²) in [6, 6.07) is 8.40. The van der Waals surface area contributed by atoms with Gasteiger partial charge in [-0.25, -0.2) is 5.43 Å². The molecular weight excluding hydrogens is 280 g/mol. The van der Waals surface area contributed by atoms with Gasteiger partial charge in [-0.3, -0.25) is 4.79 Å². The third kappa shape index (κ3) is 6.34. The monoisotopic (exact) mass is 304 g/mol. The Kier molecular flexibility index (Phi) is 6.80. The molecule has 1 aliphatic carbocycles. The van der Waals surface area contributed by atoms with Crippen molar-refractivity contribution in [3.63, 3.8) is 0 Å². The van der Waals surface area contributed by atoms with Crippen LogP contribution in [0.15, 0.2) is 34.3 Å². The molecule has 0 heterocycles. The fraction of sp³-hybridized carbons (Fsp3) is 0.529. The maximum Gasteiger partial charge on any atom is 0.240 e. The number of aryl methyl sites for hydroxylation is 1. The van der Waals surface area contributed by atoms with E-state index < -0.39 is 0 Å². The fourth-order valence-corrected chi connectivity index (χ4v) is 3.19. The number of hydrazone groups is 1. The zero-order valence-electron chi connectivity index (χ0n) is 12.7.